The summed E-state index contributed by atoms with van der Waals surface area (Å²) in [5.41, 5.74) is 1.94. The molecule has 0 bridgehead atoms. The van der Waals surface area contributed by atoms with Gasteiger partial charge in [-0.25, -0.2) is 0 Å². The zero-order valence-corrected chi connectivity index (χ0v) is 19.1. The quantitative estimate of drug-likeness (QED) is 0.322. The van der Waals surface area contributed by atoms with Crippen molar-refractivity contribution in [2.24, 2.45) is 0 Å². The van der Waals surface area contributed by atoms with E-state index in [0.717, 1.165) is 37.5 Å². The van der Waals surface area contributed by atoms with Crippen LogP contribution in [-0.4, -0.2) is 37.6 Å². The number of amides is 1. The van der Waals surface area contributed by atoms with Gasteiger partial charge in [-0.05, 0) is 36.4 Å². The van der Waals surface area contributed by atoms with Crippen molar-refractivity contribution in [2.45, 2.75) is 27.7 Å². The molecular weight excluding hydrogens is 483 g/mol. The maximum Gasteiger partial charge on any atom is 0.406 e. The van der Waals surface area contributed by atoms with Gasteiger partial charge in [0.05, 0.1) is 17.1 Å². The van der Waals surface area contributed by atoms with Crippen LogP contribution in [0.15, 0.2) is 88.0 Å². The molecule has 0 N–H and O–H groups in total. The molecule has 11 heteroatoms. The summed E-state index contributed by atoms with van der Waals surface area (Å²) < 4.78 is 41.0. The van der Waals surface area contributed by atoms with Crippen LogP contribution in [0.5, 0.6) is 0 Å². The highest BCUT2D eigenvalue weighted by molar-refractivity contribution is 8.00. The van der Waals surface area contributed by atoms with Gasteiger partial charge < -0.3 is 0 Å². The lowest BCUT2D eigenvalue weighted by Crippen LogP contribution is -2.30. The minimum Gasteiger partial charge on any atom is -0.293 e. The van der Waals surface area contributed by atoms with E-state index in [1.807, 2.05) is 48.5 Å². The normalized spacial score (nSPS) is 12.9. The average Bonchev–Trinajstić information content (AvgIpc) is 3.22. The minimum atomic E-state index is -4.48. The number of carbonyl (C=O) groups excluding carboxylic acids is 1. The Kier molecular flexibility index (Phi) is 6.05. The molecule has 1 aliphatic rings. The lowest BCUT2D eigenvalue weighted by atomic mass is 10.2. The second-order valence-corrected chi connectivity index (χ2v) is 9.33. The summed E-state index contributed by atoms with van der Waals surface area (Å²) in [5.74, 6) is -0.309. The number of hydrogen-bond acceptors (Lipinski definition) is 6. The SMILES string of the molecule is O=C(CSc1nnc(-c2ccncc2)n1CC(F)(F)F)N1c2ccccc2Sc2ccccc21. The molecule has 0 radical (unpaired) electrons. The predicted octanol–water partition coefficient (Wildman–Crippen LogP) is 5.82. The molecular formula is C23H16F3N5OS2. The van der Waals surface area contributed by atoms with Crippen molar-refractivity contribution < 1.29 is 18.0 Å². The summed E-state index contributed by atoms with van der Waals surface area (Å²) in [6.07, 6.45) is -1.53. The van der Waals surface area contributed by atoms with Crippen molar-refractivity contribution in [3.63, 3.8) is 0 Å². The van der Waals surface area contributed by atoms with E-state index < -0.39 is 12.7 Å². The molecule has 5 rings (SSSR count). The highest BCUT2D eigenvalue weighted by atomic mass is 32.2. The van der Waals surface area contributed by atoms with E-state index >= 15 is 0 Å². The Morgan fingerprint density at radius 1 is 0.912 bits per heavy atom. The molecule has 0 fully saturated rings. The third kappa shape index (κ3) is 4.53. The number of aromatic nitrogens is 4. The predicted molar refractivity (Wildman–Crippen MR) is 124 cm³/mol. The van der Waals surface area contributed by atoms with Crippen molar-refractivity contribution in [3.05, 3.63) is 73.1 Å². The number of anilines is 2. The first-order valence-electron chi connectivity index (χ1n) is 10.1. The second-order valence-electron chi connectivity index (χ2n) is 7.30. The maximum absolute atomic E-state index is 13.4. The summed E-state index contributed by atoms with van der Waals surface area (Å²) in [6.45, 7) is -1.26. The molecule has 1 aliphatic heterocycles. The van der Waals surface area contributed by atoms with E-state index in [9.17, 15) is 18.0 Å². The zero-order chi connectivity index (χ0) is 23.7. The Labute approximate surface area is 201 Å². The molecule has 0 aliphatic carbocycles. The standard InChI is InChI=1S/C23H16F3N5OS2/c24-23(25,26)14-30-21(15-9-11-27-12-10-15)28-29-22(30)33-13-20(32)31-16-5-1-3-7-18(16)34-19-8-4-2-6-17(19)31/h1-12H,13-14H2. The number of hydrogen-bond donors (Lipinski definition) is 0. The van der Waals surface area contributed by atoms with Gasteiger partial charge in [0, 0.05) is 27.7 Å². The lowest BCUT2D eigenvalue weighted by molar-refractivity contribution is -0.141. The van der Waals surface area contributed by atoms with Gasteiger partial charge in [-0.3, -0.25) is 19.2 Å². The molecule has 34 heavy (non-hydrogen) atoms. The average molecular weight is 500 g/mol. The largest absolute Gasteiger partial charge is 0.406 e. The Balaban J connectivity index is 1.44. The number of para-hydroxylation sites is 2. The van der Waals surface area contributed by atoms with Gasteiger partial charge in [0.15, 0.2) is 11.0 Å². The van der Waals surface area contributed by atoms with Gasteiger partial charge >= 0.3 is 6.18 Å². The molecule has 1 amide bonds. The van der Waals surface area contributed by atoms with Crippen LogP contribution in [0.25, 0.3) is 11.4 Å². The van der Waals surface area contributed by atoms with Crippen molar-refractivity contribution in [1.82, 2.24) is 19.7 Å². The fraction of sp³-hybridized carbons (Fsp3) is 0.130. The first-order chi connectivity index (χ1) is 16.4. The molecule has 6 nitrogen and oxygen atoms in total. The summed E-state index contributed by atoms with van der Waals surface area (Å²) in [4.78, 5) is 20.7. The van der Waals surface area contributed by atoms with Crippen LogP contribution in [0.3, 0.4) is 0 Å². The molecule has 172 valence electrons. The molecule has 0 saturated carbocycles. The third-order valence-corrected chi connectivity index (χ3v) is 7.08. The second kappa shape index (κ2) is 9.15. The summed E-state index contributed by atoms with van der Waals surface area (Å²) in [7, 11) is 0. The number of carbonyl (C=O) groups is 1. The van der Waals surface area contributed by atoms with Crippen LogP contribution in [0.2, 0.25) is 0 Å². The zero-order valence-electron chi connectivity index (χ0n) is 17.4. The van der Waals surface area contributed by atoms with Crippen LogP contribution in [0.1, 0.15) is 0 Å². The summed E-state index contributed by atoms with van der Waals surface area (Å²) in [6, 6.07) is 18.2. The van der Waals surface area contributed by atoms with Crippen LogP contribution < -0.4 is 4.90 Å². The maximum atomic E-state index is 13.4. The lowest BCUT2D eigenvalue weighted by Gasteiger charge is -2.30. The summed E-state index contributed by atoms with van der Waals surface area (Å²) in [5, 5.41) is 7.95. The van der Waals surface area contributed by atoms with E-state index in [2.05, 4.69) is 15.2 Å². The van der Waals surface area contributed by atoms with E-state index in [1.54, 1.807) is 28.8 Å². The Bertz CT molecular complexity index is 1300. The number of rotatable bonds is 5. The monoisotopic (exact) mass is 499 g/mol. The number of alkyl halides is 3. The number of thioether (sulfide) groups is 1. The van der Waals surface area contributed by atoms with Crippen LogP contribution >= 0.6 is 23.5 Å². The number of fused-ring (bicyclic) bond motifs is 2. The van der Waals surface area contributed by atoms with Crippen molar-refractivity contribution in [1.29, 1.82) is 0 Å². The van der Waals surface area contributed by atoms with Gasteiger partial charge in [-0.1, -0.05) is 47.8 Å². The molecule has 0 atom stereocenters. The van der Waals surface area contributed by atoms with Crippen LogP contribution in [0, 0.1) is 0 Å². The van der Waals surface area contributed by atoms with Gasteiger partial charge in [-0.15, -0.1) is 10.2 Å². The minimum absolute atomic E-state index is 0.0189. The van der Waals surface area contributed by atoms with Crippen molar-refractivity contribution >= 4 is 40.8 Å². The highest BCUT2D eigenvalue weighted by Crippen LogP contribution is 2.48. The fourth-order valence-corrected chi connectivity index (χ4v) is 5.44. The van der Waals surface area contributed by atoms with Crippen LogP contribution in [0.4, 0.5) is 24.5 Å². The molecule has 3 heterocycles. The number of halogens is 3. The van der Waals surface area contributed by atoms with E-state index in [1.165, 1.54) is 12.4 Å². The first kappa shape index (κ1) is 22.5. The van der Waals surface area contributed by atoms with E-state index in [-0.39, 0.29) is 22.6 Å². The first-order valence-corrected chi connectivity index (χ1v) is 11.9. The number of nitrogens with zero attached hydrogens (tertiary/aromatic N) is 5. The summed E-state index contributed by atoms with van der Waals surface area (Å²) >= 11 is 2.50. The smallest absolute Gasteiger partial charge is 0.293 e. The van der Waals surface area contributed by atoms with Gasteiger partial charge in [0.2, 0.25) is 5.91 Å². The highest BCUT2D eigenvalue weighted by Gasteiger charge is 2.32. The van der Waals surface area contributed by atoms with Crippen molar-refractivity contribution in [2.75, 3.05) is 10.7 Å². The molecule has 0 saturated heterocycles. The molecule has 2 aromatic carbocycles. The van der Waals surface area contributed by atoms with E-state index in [4.69, 9.17) is 0 Å². The molecule has 2 aromatic heterocycles. The fourth-order valence-electron chi connectivity index (χ4n) is 3.60. The van der Waals surface area contributed by atoms with Gasteiger partial charge in [0.1, 0.15) is 6.54 Å². The topological polar surface area (TPSA) is 63.9 Å². The Morgan fingerprint density at radius 2 is 1.53 bits per heavy atom. The van der Waals surface area contributed by atoms with Gasteiger partial charge in [0.25, 0.3) is 0 Å². The van der Waals surface area contributed by atoms with E-state index in [0.29, 0.717) is 5.56 Å². The Morgan fingerprint density at radius 3 is 2.15 bits per heavy atom. The Hall–Kier alpha value is -3.31. The van der Waals surface area contributed by atoms with Crippen LogP contribution in [-0.2, 0) is 11.3 Å². The van der Waals surface area contributed by atoms with Crippen molar-refractivity contribution in [3.8, 4) is 11.4 Å². The molecule has 0 spiro atoms. The molecule has 0 unspecified atom stereocenters. The number of benzene rings is 2. The molecule has 4 aromatic rings. The third-order valence-electron chi connectivity index (χ3n) is 5.00. The number of pyridine rings is 1. The van der Waals surface area contributed by atoms with Gasteiger partial charge in [-0.2, -0.15) is 13.2 Å².